The van der Waals surface area contributed by atoms with E-state index in [4.69, 9.17) is 27.9 Å². The first kappa shape index (κ1) is 15.1. The third kappa shape index (κ3) is 3.62. The summed E-state index contributed by atoms with van der Waals surface area (Å²) in [5.74, 6) is 0.394. The number of benzene rings is 2. The Bertz CT molecular complexity index is 664. The molecule has 0 aliphatic heterocycles. The Morgan fingerprint density at radius 2 is 1.90 bits per heavy atom. The molecule has 7 heteroatoms. The van der Waals surface area contributed by atoms with E-state index in [1.807, 2.05) is 0 Å². The second-order valence-electron chi connectivity index (χ2n) is 3.91. The summed E-state index contributed by atoms with van der Waals surface area (Å²) in [4.78, 5) is 10.2. The van der Waals surface area contributed by atoms with E-state index in [0.29, 0.717) is 20.3 Å². The molecule has 2 aromatic carbocycles. The monoisotopic (exact) mass is 375 g/mol. The molecule has 0 amide bonds. The van der Waals surface area contributed by atoms with Gasteiger partial charge in [-0.15, -0.1) is 0 Å². The summed E-state index contributed by atoms with van der Waals surface area (Å²) in [5, 5.41) is 11.6. The van der Waals surface area contributed by atoms with Crippen LogP contribution in [0.5, 0.6) is 5.75 Å². The van der Waals surface area contributed by atoms with Crippen molar-refractivity contribution in [3.05, 3.63) is 66.6 Å². The van der Waals surface area contributed by atoms with Gasteiger partial charge in [0.1, 0.15) is 12.4 Å². The summed E-state index contributed by atoms with van der Waals surface area (Å²) in [5.41, 5.74) is 0.787. The molecule has 0 unspecified atom stereocenters. The van der Waals surface area contributed by atoms with Crippen molar-refractivity contribution in [1.82, 2.24) is 0 Å². The number of hydrogen-bond donors (Lipinski definition) is 0. The highest BCUT2D eigenvalue weighted by atomic mass is 79.9. The minimum atomic E-state index is -0.474. The fourth-order valence-corrected chi connectivity index (χ4v) is 2.19. The predicted molar refractivity (Wildman–Crippen MR) is 81.6 cm³/mol. The zero-order valence-electron chi connectivity index (χ0n) is 9.98. The van der Waals surface area contributed by atoms with Crippen molar-refractivity contribution in [3.8, 4) is 5.75 Å². The van der Waals surface area contributed by atoms with Crippen molar-refractivity contribution in [2.75, 3.05) is 0 Å². The molecule has 0 N–H and O–H groups in total. The molecule has 0 saturated carbocycles. The molecule has 0 spiro atoms. The number of hydrogen-bond acceptors (Lipinski definition) is 3. The average molecular weight is 377 g/mol. The Balaban J connectivity index is 2.15. The molecule has 0 fully saturated rings. The van der Waals surface area contributed by atoms with E-state index in [-0.39, 0.29) is 12.3 Å². The van der Waals surface area contributed by atoms with E-state index < -0.39 is 4.92 Å². The second-order valence-corrected chi connectivity index (χ2v) is 5.58. The molecule has 0 atom stereocenters. The lowest BCUT2D eigenvalue weighted by molar-refractivity contribution is -0.385. The third-order valence-electron chi connectivity index (χ3n) is 2.50. The molecule has 0 aliphatic carbocycles. The van der Waals surface area contributed by atoms with E-state index in [1.54, 1.807) is 24.3 Å². The zero-order chi connectivity index (χ0) is 14.7. The van der Waals surface area contributed by atoms with E-state index >= 15 is 0 Å². The highest BCUT2D eigenvalue weighted by Crippen LogP contribution is 2.30. The number of nitro groups is 1. The average Bonchev–Trinajstić information content (AvgIpc) is 2.41. The van der Waals surface area contributed by atoms with Gasteiger partial charge < -0.3 is 4.74 Å². The quantitative estimate of drug-likeness (QED) is 0.541. The van der Waals surface area contributed by atoms with Crippen LogP contribution in [0.25, 0.3) is 0 Å². The molecule has 0 aliphatic rings. The van der Waals surface area contributed by atoms with Crippen LogP contribution in [0.3, 0.4) is 0 Å². The molecule has 0 saturated heterocycles. The molecular weight excluding hydrogens is 369 g/mol. The van der Waals surface area contributed by atoms with Gasteiger partial charge >= 0.3 is 0 Å². The van der Waals surface area contributed by atoms with Gasteiger partial charge in [0, 0.05) is 6.07 Å². The summed E-state index contributed by atoms with van der Waals surface area (Å²) in [6, 6.07) is 9.47. The molecule has 2 aromatic rings. The van der Waals surface area contributed by atoms with Gasteiger partial charge in [-0.05, 0) is 39.7 Å². The smallest absolute Gasteiger partial charge is 0.273 e. The first-order valence-corrected chi connectivity index (χ1v) is 7.03. The number of rotatable bonds is 4. The van der Waals surface area contributed by atoms with E-state index in [9.17, 15) is 10.1 Å². The molecule has 0 radical (unpaired) electrons. The van der Waals surface area contributed by atoms with Gasteiger partial charge in [-0.1, -0.05) is 29.3 Å². The number of ether oxygens (including phenoxy) is 1. The van der Waals surface area contributed by atoms with Crippen LogP contribution in [0.15, 0.2) is 40.9 Å². The number of non-ortho nitro benzene ring substituents is 1. The van der Waals surface area contributed by atoms with Gasteiger partial charge in [-0.25, -0.2) is 0 Å². The van der Waals surface area contributed by atoms with Crippen molar-refractivity contribution in [2.45, 2.75) is 6.61 Å². The van der Waals surface area contributed by atoms with Crippen molar-refractivity contribution >= 4 is 44.8 Å². The molecule has 20 heavy (non-hydrogen) atoms. The molecule has 104 valence electrons. The Labute approximate surface area is 133 Å². The Morgan fingerprint density at radius 3 is 2.55 bits per heavy atom. The Kier molecular flexibility index (Phi) is 4.86. The van der Waals surface area contributed by atoms with Crippen molar-refractivity contribution in [1.29, 1.82) is 0 Å². The van der Waals surface area contributed by atoms with Crippen LogP contribution in [-0.2, 0) is 6.61 Å². The fourth-order valence-electron chi connectivity index (χ4n) is 1.51. The van der Waals surface area contributed by atoms with Crippen molar-refractivity contribution < 1.29 is 9.66 Å². The highest BCUT2D eigenvalue weighted by molar-refractivity contribution is 9.10. The molecular formula is C13H8BrCl2NO3. The summed E-state index contributed by atoms with van der Waals surface area (Å²) < 4.78 is 6.20. The van der Waals surface area contributed by atoms with E-state index in [1.165, 1.54) is 12.1 Å². The lowest BCUT2D eigenvalue weighted by Gasteiger charge is -2.08. The molecule has 4 nitrogen and oxygen atoms in total. The molecule has 2 rings (SSSR count). The highest BCUT2D eigenvalue weighted by Gasteiger charge is 2.10. The van der Waals surface area contributed by atoms with Crippen molar-refractivity contribution in [3.63, 3.8) is 0 Å². The summed E-state index contributed by atoms with van der Waals surface area (Å²) in [6.07, 6.45) is 0. The minimum absolute atomic E-state index is 0.0302. The van der Waals surface area contributed by atoms with E-state index in [0.717, 1.165) is 5.56 Å². The minimum Gasteiger partial charge on any atom is -0.487 e. The SMILES string of the molecule is O=[N+]([O-])c1ccc(Br)c(OCc2ccc(Cl)c(Cl)c2)c1. The predicted octanol–water partition coefficient (Wildman–Crippen LogP) is 5.24. The van der Waals surface area contributed by atoms with Crippen LogP contribution in [0, 0.1) is 10.1 Å². The fraction of sp³-hybridized carbons (Fsp3) is 0.0769. The third-order valence-corrected chi connectivity index (χ3v) is 3.90. The largest absolute Gasteiger partial charge is 0.487 e. The maximum absolute atomic E-state index is 10.7. The molecule has 0 bridgehead atoms. The van der Waals surface area contributed by atoms with Crippen LogP contribution in [-0.4, -0.2) is 4.92 Å². The van der Waals surface area contributed by atoms with Gasteiger partial charge in [0.2, 0.25) is 0 Å². The zero-order valence-corrected chi connectivity index (χ0v) is 13.1. The lowest BCUT2D eigenvalue weighted by atomic mass is 10.2. The van der Waals surface area contributed by atoms with Gasteiger partial charge in [0.15, 0.2) is 0 Å². The second kappa shape index (κ2) is 6.43. The van der Waals surface area contributed by atoms with Gasteiger partial charge in [0.25, 0.3) is 5.69 Å². The van der Waals surface area contributed by atoms with Crippen LogP contribution in [0.4, 0.5) is 5.69 Å². The van der Waals surface area contributed by atoms with Crippen LogP contribution in [0.2, 0.25) is 10.0 Å². The first-order chi connectivity index (χ1) is 9.47. The van der Waals surface area contributed by atoms with Crippen molar-refractivity contribution in [2.24, 2.45) is 0 Å². The lowest BCUT2D eigenvalue weighted by Crippen LogP contribution is -1.97. The van der Waals surface area contributed by atoms with Crippen LogP contribution >= 0.6 is 39.1 Å². The standard InChI is InChI=1S/C13H8BrCl2NO3/c14-10-3-2-9(17(18)19)6-13(10)20-7-8-1-4-11(15)12(16)5-8/h1-6H,7H2. The Hall–Kier alpha value is -1.30. The van der Waals surface area contributed by atoms with E-state index in [2.05, 4.69) is 15.9 Å². The number of nitrogens with zero attached hydrogens (tertiary/aromatic N) is 1. The summed E-state index contributed by atoms with van der Waals surface area (Å²) in [6.45, 7) is 0.233. The topological polar surface area (TPSA) is 52.4 Å². The molecule has 0 heterocycles. The Morgan fingerprint density at radius 1 is 1.15 bits per heavy atom. The van der Waals surface area contributed by atoms with Gasteiger partial charge in [0.05, 0.1) is 25.5 Å². The number of nitro benzene ring substituents is 1. The first-order valence-electron chi connectivity index (χ1n) is 5.48. The normalized spacial score (nSPS) is 10.3. The van der Waals surface area contributed by atoms with Crippen LogP contribution in [0.1, 0.15) is 5.56 Å². The van der Waals surface area contributed by atoms with Gasteiger partial charge in [-0.3, -0.25) is 10.1 Å². The maximum atomic E-state index is 10.7. The summed E-state index contributed by atoms with van der Waals surface area (Å²) in [7, 11) is 0. The number of halogens is 3. The van der Waals surface area contributed by atoms with Crippen LogP contribution < -0.4 is 4.74 Å². The maximum Gasteiger partial charge on any atom is 0.273 e. The summed E-state index contributed by atoms with van der Waals surface area (Å²) >= 11 is 15.0. The molecule has 0 aromatic heterocycles. The van der Waals surface area contributed by atoms with Gasteiger partial charge in [-0.2, -0.15) is 0 Å².